The molecule has 186 valence electrons. The molecule has 2 aliphatic rings. The van der Waals surface area contributed by atoms with Crippen LogP contribution in [0.25, 0.3) is 10.9 Å². The van der Waals surface area contributed by atoms with Gasteiger partial charge in [0.05, 0.1) is 0 Å². The Morgan fingerprint density at radius 3 is 2.66 bits per heavy atom. The van der Waals surface area contributed by atoms with Crippen LogP contribution in [0.1, 0.15) is 74.0 Å². The third-order valence-corrected chi connectivity index (χ3v) is 7.97. The van der Waals surface area contributed by atoms with Crippen LogP contribution < -0.4 is 10.6 Å². The quantitative estimate of drug-likeness (QED) is 0.436. The minimum absolute atomic E-state index is 0.0768. The second-order valence-electron chi connectivity index (χ2n) is 10.7. The van der Waals surface area contributed by atoms with Gasteiger partial charge in [-0.2, -0.15) is 0 Å². The lowest BCUT2D eigenvalue weighted by Gasteiger charge is -2.25. The van der Waals surface area contributed by atoms with Gasteiger partial charge in [0.2, 0.25) is 5.91 Å². The highest BCUT2D eigenvalue weighted by Crippen LogP contribution is 2.37. The van der Waals surface area contributed by atoms with Crippen LogP contribution in [0, 0.1) is 18.7 Å². The summed E-state index contributed by atoms with van der Waals surface area (Å²) in [7, 11) is 0. The van der Waals surface area contributed by atoms with Gasteiger partial charge in [0.25, 0.3) is 0 Å². The van der Waals surface area contributed by atoms with E-state index in [1.165, 1.54) is 37.7 Å². The molecule has 5 rings (SSSR count). The van der Waals surface area contributed by atoms with Crippen molar-refractivity contribution in [2.75, 3.05) is 13.1 Å². The van der Waals surface area contributed by atoms with Crippen molar-refractivity contribution in [1.29, 1.82) is 0 Å². The molecule has 1 aromatic heterocycles. The molecule has 0 bridgehead atoms. The van der Waals surface area contributed by atoms with Gasteiger partial charge in [-0.3, -0.25) is 4.79 Å². The van der Waals surface area contributed by atoms with Gasteiger partial charge in [-0.1, -0.05) is 49.1 Å². The molecule has 3 aromatic rings. The summed E-state index contributed by atoms with van der Waals surface area (Å²) in [5.41, 5.74) is 4.42. The molecule has 2 aromatic carbocycles. The van der Waals surface area contributed by atoms with Crippen molar-refractivity contribution in [2.24, 2.45) is 5.92 Å². The maximum absolute atomic E-state index is 14.5. The third kappa shape index (κ3) is 5.78. The molecular formula is C30H38FN3O. The van der Waals surface area contributed by atoms with Crippen LogP contribution in [0.5, 0.6) is 0 Å². The fourth-order valence-electron chi connectivity index (χ4n) is 6.11. The lowest BCUT2D eigenvalue weighted by Crippen LogP contribution is -2.43. The predicted molar refractivity (Wildman–Crippen MR) is 140 cm³/mol. The van der Waals surface area contributed by atoms with E-state index in [4.69, 9.17) is 0 Å². The van der Waals surface area contributed by atoms with Crippen molar-refractivity contribution < 1.29 is 9.18 Å². The Kier molecular flexibility index (Phi) is 7.52. The third-order valence-electron chi connectivity index (χ3n) is 7.97. The molecule has 1 unspecified atom stereocenters. The van der Waals surface area contributed by atoms with Crippen molar-refractivity contribution >= 4 is 16.8 Å². The van der Waals surface area contributed by atoms with Crippen LogP contribution >= 0.6 is 0 Å². The van der Waals surface area contributed by atoms with Crippen LogP contribution in [-0.2, 0) is 11.3 Å². The summed E-state index contributed by atoms with van der Waals surface area (Å²) in [5.74, 6) is 0.399. The minimum Gasteiger partial charge on any atom is -0.353 e. The van der Waals surface area contributed by atoms with Gasteiger partial charge in [-0.05, 0) is 80.9 Å². The number of fused-ring (bicyclic) bond motifs is 1. The van der Waals surface area contributed by atoms with E-state index in [2.05, 4.69) is 52.6 Å². The Morgan fingerprint density at radius 1 is 1.09 bits per heavy atom. The molecule has 1 aliphatic heterocycles. The summed E-state index contributed by atoms with van der Waals surface area (Å²) < 4.78 is 16.8. The Morgan fingerprint density at radius 2 is 1.89 bits per heavy atom. The molecule has 1 saturated carbocycles. The topological polar surface area (TPSA) is 46.1 Å². The van der Waals surface area contributed by atoms with E-state index >= 15 is 0 Å². The molecule has 2 N–H and O–H groups in total. The second kappa shape index (κ2) is 10.9. The molecule has 2 fully saturated rings. The number of nitrogens with zero attached hydrogens (tertiary/aromatic N) is 1. The number of aryl methyl sites for hydroxylation is 1. The van der Waals surface area contributed by atoms with Crippen molar-refractivity contribution in [3.05, 3.63) is 71.2 Å². The molecule has 1 amide bonds. The highest BCUT2D eigenvalue weighted by atomic mass is 19.1. The summed E-state index contributed by atoms with van der Waals surface area (Å²) in [6.07, 6.45) is 11.0. The number of hydrogen-bond donors (Lipinski definition) is 2. The number of piperidine rings is 1. The van der Waals surface area contributed by atoms with E-state index < -0.39 is 0 Å². The number of rotatable bonds is 7. The smallest absolute Gasteiger partial charge is 0.221 e. The van der Waals surface area contributed by atoms with E-state index in [0.29, 0.717) is 12.3 Å². The maximum Gasteiger partial charge on any atom is 0.221 e. The first kappa shape index (κ1) is 24.1. The van der Waals surface area contributed by atoms with Crippen molar-refractivity contribution in [3.8, 4) is 0 Å². The summed E-state index contributed by atoms with van der Waals surface area (Å²) in [5, 5.41) is 7.57. The summed E-state index contributed by atoms with van der Waals surface area (Å²) >= 11 is 0. The molecule has 5 heteroatoms. The number of benzene rings is 2. The van der Waals surface area contributed by atoms with Crippen LogP contribution in [0.4, 0.5) is 4.39 Å². The van der Waals surface area contributed by atoms with Crippen LogP contribution in [-0.4, -0.2) is 29.6 Å². The van der Waals surface area contributed by atoms with Gasteiger partial charge in [0.15, 0.2) is 0 Å². The SMILES string of the molecule is Cc1cccc(C(CC(=O)NC2CCNCC2)c2cn(CC3CCCCC3)c3ccc(F)cc23)c1. The lowest BCUT2D eigenvalue weighted by molar-refractivity contribution is -0.122. The van der Waals surface area contributed by atoms with Crippen LogP contribution in [0.15, 0.2) is 48.7 Å². The predicted octanol–water partition coefficient (Wildman–Crippen LogP) is 6.06. The summed E-state index contributed by atoms with van der Waals surface area (Å²) in [6, 6.07) is 13.8. The van der Waals surface area contributed by atoms with E-state index in [-0.39, 0.29) is 23.7 Å². The molecule has 2 heterocycles. The van der Waals surface area contributed by atoms with Gasteiger partial charge in [-0.25, -0.2) is 4.39 Å². The number of carbonyl (C=O) groups excluding carboxylic acids is 1. The monoisotopic (exact) mass is 475 g/mol. The first-order chi connectivity index (χ1) is 17.1. The molecule has 35 heavy (non-hydrogen) atoms. The number of hydrogen-bond acceptors (Lipinski definition) is 2. The minimum atomic E-state index is -0.226. The Bertz CT molecular complexity index is 1160. The number of amides is 1. The highest BCUT2D eigenvalue weighted by molar-refractivity contribution is 5.87. The van der Waals surface area contributed by atoms with E-state index in [1.54, 1.807) is 12.1 Å². The standard InChI is InChI=1S/C30H38FN3O/c1-21-6-5-9-23(16-21)26(18-30(35)33-25-12-14-32-15-13-25)28-20-34(19-22-7-3-2-4-8-22)29-11-10-24(31)17-27(28)29/h5-6,9-11,16-17,20,22,25-26,32H,2-4,7-8,12-15,18-19H2,1H3,(H,33,35). The zero-order chi connectivity index (χ0) is 24.2. The van der Waals surface area contributed by atoms with E-state index in [0.717, 1.165) is 54.5 Å². The van der Waals surface area contributed by atoms with Gasteiger partial charge in [0, 0.05) is 42.0 Å². The lowest BCUT2D eigenvalue weighted by atomic mass is 9.87. The Labute approximate surface area is 208 Å². The number of nitrogens with one attached hydrogen (secondary N) is 2. The van der Waals surface area contributed by atoms with Gasteiger partial charge >= 0.3 is 0 Å². The fraction of sp³-hybridized carbons (Fsp3) is 0.500. The van der Waals surface area contributed by atoms with Crippen molar-refractivity contribution in [3.63, 3.8) is 0 Å². The normalized spacial score (nSPS) is 18.6. The fourth-order valence-corrected chi connectivity index (χ4v) is 6.11. The molecule has 1 atom stereocenters. The molecule has 0 spiro atoms. The molecule has 1 aliphatic carbocycles. The number of halogens is 1. The number of carbonyl (C=O) groups is 1. The second-order valence-corrected chi connectivity index (χ2v) is 10.7. The van der Waals surface area contributed by atoms with Gasteiger partial charge < -0.3 is 15.2 Å². The van der Waals surface area contributed by atoms with E-state index in [1.807, 2.05) is 6.07 Å². The average Bonchev–Trinajstić information content (AvgIpc) is 3.20. The Hall–Kier alpha value is -2.66. The first-order valence-corrected chi connectivity index (χ1v) is 13.4. The van der Waals surface area contributed by atoms with Gasteiger partial charge in [0.1, 0.15) is 5.82 Å². The van der Waals surface area contributed by atoms with Crippen LogP contribution in [0.3, 0.4) is 0 Å². The largest absolute Gasteiger partial charge is 0.353 e. The molecule has 4 nitrogen and oxygen atoms in total. The van der Waals surface area contributed by atoms with Crippen molar-refractivity contribution in [2.45, 2.75) is 76.8 Å². The maximum atomic E-state index is 14.5. The zero-order valence-electron chi connectivity index (χ0n) is 20.9. The van der Waals surface area contributed by atoms with Crippen LogP contribution in [0.2, 0.25) is 0 Å². The van der Waals surface area contributed by atoms with E-state index in [9.17, 15) is 9.18 Å². The summed E-state index contributed by atoms with van der Waals surface area (Å²) in [4.78, 5) is 13.3. The summed E-state index contributed by atoms with van der Waals surface area (Å²) in [6.45, 7) is 4.94. The highest BCUT2D eigenvalue weighted by Gasteiger charge is 2.26. The molecule has 1 saturated heterocycles. The number of aromatic nitrogens is 1. The van der Waals surface area contributed by atoms with Crippen molar-refractivity contribution in [1.82, 2.24) is 15.2 Å². The first-order valence-electron chi connectivity index (χ1n) is 13.4. The van der Waals surface area contributed by atoms with Gasteiger partial charge in [-0.15, -0.1) is 0 Å². The molecular weight excluding hydrogens is 437 g/mol. The average molecular weight is 476 g/mol. The Balaban J connectivity index is 1.50. The molecule has 0 radical (unpaired) electrons. The zero-order valence-corrected chi connectivity index (χ0v) is 20.9.